The molecule has 178 valence electrons. The van der Waals surface area contributed by atoms with Crippen LogP contribution < -0.4 is 20.3 Å². The Bertz CT molecular complexity index is 1250. The minimum atomic E-state index is -3.30. The van der Waals surface area contributed by atoms with E-state index in [1.807, 2.05) is 0 Å². The highest BCUT2D eigenvalue weighted by Crippen LogP contribution is 2.36. The number of hydrogen-bond donors (Lipinski definition) is 2. The van der Waals surface area contributed by atoms with Crippen LogP contribution in [0, 0.1) is 0 Å². The first kappa shape index (κ1) is 21.9. The second-order valence-electron chi connectivity index (χ2n) is 7.88. The number of urea groups is 1. The van der Waals surface area contributed by atoms with Crippen LogP contribution in [0.4, 0.5) is 28.0 Å². The van der Waals surface area contributed by atoms with Crippen molar-refractivity contribution in [1.29, 1.82) is 0 Å². The van der Waals surface area contributed by atoms with E-state index in [4.69, 9.17) is 4.74 Å². The van der Waals surface area contributed by atoms with Crippen LogP contribution in [0.15, 0.2) is 36.8 Å². The topological polar surface area (TPSA) is 114 Å². The van der Waals surface area contributed by atoms with E-state index >= 15 is 0 Å². The predicted molar refractivity (Wildman–Crippen MR) is 108 cm³/mol. The van der Waals surface area contributed by atoms with Crippen LogP contribution in [-0.2, 0) is 4.79 Å². The average Bonchev–Trinajstić information content (AvgIpc) is 3.37. The first-order valence-electron chi connectivity index (χ1n) is 10.2. The largest absolute Gasteiger partial charge is 0.466 e. The van der Waals surface area contributed by atoms with Crippen LogP contribution in [0.3, 0.4) is 0 Å². The van der Waals surface area contributed by atoms with Crippen molar-refractivity contribution < 1.29 is 31.9 Å². The van der Waals surface area contributed by atoms with Gasteiger partial charge in [0.1, 0.15) is 0 Å². The molecule has 10 nitrogen and oxygen atoms in total. The number of ether oxygens (including phenoxy) is 1. The second kappa shape index (κ2) is 8.11. The Labute approximate surface area is 188 Å². The first-order chi connectivity index (χ1) is 16.2. The van der Waals surface area contributed by atoms with Crippen LogP contribution in [0.2, 0.25) is 0 Å². The van der Waals surface area contributed by atoms with Crippen molar-refractivity contribution in [3.8, 4) is 5.88 Å². The van der Waals surface area contributed by atoms with Gasteiger partial charge in [0, 0.05) is 36.8 Å². The lowest BCUT2D eigenvalue weighted by Gasteiger charge is -2.24. The van der Waals surface area contributed by atoms with Gasteiger partial charge in [-0.05, 0) is 12.1 Å². The van der Waals surface area contributed by atoms with Crippen molar-refractivity contribution in [1.82, 2.24) is 30.2 Å². The molecule has 3 amide bonds. The van der Waals surface area contributed by atoms with E-state index in [-0.39, 0.29) is 30.2 Å². The summed E-state index contributed by atoms with van der Waals surface area (Å²) in [6.45, 7) is -0.976. The molecule has 2 atom stereocenters. The number of pyridine rings is 1. The molecule has 2 aliphatic heterocycles. The lowest BCUT2D eigenvalue weighted by atomic mass is 10.0. The molecule has 5 rings (SSSR count). The van der Waals surface area contributed by atoms with Crippen LogP contribution in [0.25, 0.3) is 5.65 Å². The van der Waals surface area contributed by atoms with Crippen LogP contribution >= 0.6 is 0 Å². The number of carbonyl (C=O) groups is 2. The summed E-state index contributed by atoms with van der Waals surface area (Å²) in [6, 6.07) is 3.04. The Morgan fingerprint density at radius 1 is 1.21 bits per heavy atom. The number of nitrogens with zero attached hydrogens (tertiary/aromatic N) is 5. The van der Waals surface area contributed by atoms with Crippen LogP contribution in [0.1, 0.15) is 23.6 Å². The van der Waals surface area contributed by atoms with E-state index in [0.717, 1.165) is 18.3 Å². The molecular weight excluding hydrogens is 462 g/mol. The number of nitrogens with one attached hydrogen (secondary N) is 2. The van der Waals surface area contributed by atoms with E-state index in [2.05, 4.69) is 25.7 Å². The zero-order valence-corrected chi connectivity index (χ0v) is 17.3. The number of imide groups is 1. The molecule has 14 heteroatoms. The number of imidazole rings is 1. The van der Waals surface area contributed by atoms with Gasteiger partial charge in [-0.15, -0.1) is 0 Å². The first-order valence-corrected chi connectivity index (χ1v) is 10.2. The molecule has 0 bridgehead atoms. The number of anilines is 1. The van der Waals surface area contributed by atoms with Crippen molar-refractivity contribution >= 4 is 23.3 Å². The van der Waals surface area contributed by atoms with Crippen molar-refractivity contribution in [3.63, 3.8) is 0 Å². The summed E-state index contributed by atoms with van der Waals surface area (Å²) in [4.78, 5) is 32.9. The van der Waals surface area contributed by atoms with Crippen LogP contribution in [0.5, 0.6) is 5.88 Å². The SMILES string of the molecule is O=C1NCC(c2cc(N3CC(Oc4ccc(C(F)F)cn4)C(F)(F)C3)c3nccn3n2)C(=O)N1. The van der Waals surface area contributed by atoms with E-state index in [0.29, 0.717) is 11.3 Å². The number of fused-ring (bicyclic) bond motifs is 1. The number of amides is 3. The molecule has 2 aliphatic rings. The minimum Gasteiger partial charge on any atom is -0.466 e. The minimum absolute atomic E-state index is 0.000508. The molecule has 2 fully saturated rings. The number of alkyl halides is 4. The summed E-state index contributed by atoms with van der Waals surface area (Å²) in [6.07, 6.45) is -0.515. The van der Waals surface area contributed by atoms with Gasteiger partial charge in [0.25, 0.3) is 6.43 Å². The molecule has 5 heterocycles. The summed E-state index contributed by atoms with van der Waals surface area (Å²) < 4.78 is 61.8. The highest BCUT2D eigenvalue weighted by atomic mass is 19.3. The smallest absolute Gasteiger partial charge is 0.321 e. The van der Waals surface area contributed by atoms with Gasteiger partial charge in [-0.25, -0.2) is 36.8 Å². The van der Waals surface area contributed by atoms with Crippen molar-refractivity contribution in [2.75, 3.05) is 24.5 Å². The van der Waals surface area contributed by atoms with E-state index in [1.54, 1.807) is 0 Å². The third-order valence-corrected chi connectivity index (χ3v) is 5.61. The second-order valence-corrected chi connectivity index (χ2v) is 7.88. The summed E-state index contributed by atoms with van der Waals surface area (Å²) >= 11 is 0. The molecule has 3 aromatic heterocycles. The van der Waals surface area contributed by atoms with Gasteiger partial charge in [-0.3, -0.25) is 10.1 Å². The molecule has 2 unspecified atom stereocenters. The van der Waals surface area contributed by atoms with Crippen molar-refractivity contribution in [2.24, 2.45) is 0 Å². The molecular formula is C20H17F4N7O3. The number of halogens is 4. The Hall–Kier alpha value is -3.97. The standard InChI is InChI=1S/C20H17F4N7O3/c21-16(22)10-1-2-15(26-6-10)34-14-8-30(9-20(14,23)24)13-5-12(29-31-4-3-25-17(13)31)11-7-27-19(33)28-18(11)32/h1-6,11,14,16H,7-9H2,(H2,27,28,32,33). The normalized spacial score (nSPS) is 22.2. The number of hydrogen-bond acceptors (Lipinski definition) is 7. The maximum Gasteiger partial charge on any atom is 0.321 e. The number of aromatic nitrogens is 4. The van der Waals surface area contributed by atoms with Crippen LogP contribution in [-0.4, -0.2) is 63.2 Å². The predicted octanol–water partition coefficient (Wildman–Crippen LogP) is 1.89. The van der Waals surface area contributed by atoms with E-state index < -0.39 is 42.9 Å². The Morgan fingerprint density at radius 2 is 2.03 bits per heavy atom. The van der Waals surface area contributed by atoms with Crippen molar-refractivity contribution in [2.45, 2.75) is 24.4 Å². The molecule has 2 saturated heterocycles. The molecule has 3 aromatic rings. The highest BCUT2D eigenvalue weighted by molar-refractivity contribution is 6.00. The van der Waals surface area contributed by atoms with Gasteiger partial charge >= 0.3 is 12.0 Å². The van der Waals surface area contributed by atoms with E-state index in [1.165, 1.54) is 27.9 Å². The molecule has 0 spiro atoms. The number of rotatable bonds is 5. The molecule has 0 saturated carbocycles. The number of carbonyl (C=O) groups excluding carboxylic acids is 2. The van der Waals surface area contributed by atoms with Gasteiger partial charge in [-0.1, -0.05) is 0 Å². The average molecular weight is 479 g/mol. The fourth-order valence-electron chi connectivity index (χ4n) is 3.89. The highest BCUT2D eigenvalue weighted by Gasteiger charge is 2.51. The van der Waals surface area contributed by atoms with Gasteiger partial charge in [0.15, 0.2) is 11.8 Å². The lowest BCUT2D eigenvalue weighted by Crippen LogP contribution is -2.51. The molecule has 34 heavy (non-hydrogen) atoms. The van der Waals surface area contributed by atoms with E-state index in [9.17, 15) is 27.2 Å². The van der Waals surface area contributed by atoms with Gasteiger partial charge in [0.05, 0.1) is 30.4 Å². The lowest BCUT2D eigenvalue weighted by molar-refractivity contribution is -0.122. The molecule has 2 N–H and O–H groups in total. The fourth-order valence-corrected chi connectivity index (χ4v) is 3.89. The zero-order chi connectivity index (χ0) is 24.0. The van der Waals surface area contributed by atoms with Gasteiger partial charge in [0.2, 0.25) is 11.8 Å². The maximum absolute atomic E-state index is 14.9. The molecule has 0 aromatic carbocycles. The molecule has 0 radical (unpaired) electrons. The Balaban J connectivity index is 1.42. The summed E-state index contributed by atoms with van der Waals surface area (Å²) in [5.74, 6) is -4.89. The Morgan fingerprint density at radius 3 is 2.74 bits per heavy atom. The van der Waals surface area contributed by atoms with Crippen molar-refractivity contribution in [3.05, 3.63) is 48.0 Å². The maximum atomic E-state index is 14.9. The quantitative estimate of drug-likeness (QED) is 0.538. The summed E-state index contributed by atoms with van der Waals surface area (Å²) in [7, 11) is 0. The Kier molecular flexibility index (Phi) is 5.21. The summed E-state index contributed by atoms with van der Waals surface area (Å²) in [5, 5.41) is 9.00. The fraction of sp³-hybridized carbons (Fsp3) is 0.350. The summed E-state index contributed by atoms with van der Waals surface area (Å²) in [5.41, 5.74) is 0.502. The zero-order valence-electron chi connectivity index (χ0n) is 17.3. The monoisotopic (exact) mass is 479 g/mol. The van der Waals surface area contributed by atoms with Gasteiger partial charge < -0.3 is 15.0 Å². The van der Waals surface area contributed by atoms with Gasteiger partial charge in [-0.2, -0.15) is 5.10 Å². The third-order valence-electron chi connectivity index (χ3n) is 5.61. The third kappa shape index (κ3) is 3.95. The molecule has 0 aliphatic carbocycles.